The van der Waals surface area contributed by atoms with Gasteiger partial charge in [0, 0.05) is 10.3 Å². The number of methoxy groups -OCH3 is 1. The summed E-state index contributed by atoms with van der Waals surface area (Å²) in [6.07, 6.45) is 4.81. The lowest BCUT2D eigenvalue weighted by atomic mass is 9.96. The molecule has 0 bridgehead atoms. The molecule has 1 aliphatic rings. The third kappa shape index (κ3) is 4.81. The van der Waals surface area contributed by atoms with Gasteiger partial charge in [-0.15, -0.1) is 11.3 Å². The minimum absolute atomic E-state index is 0.0732. The summed E-state index contributed by atoms with van der Waals surface area (Å²) in [5, 5.41) is 4.41. The van der Waals surface area contributed by atoms with Crippen LogP contribution in [0.4, 0.5) is 0 Å². The van der Waals surface area contributed by atoms with Gasteiger partial charge < -0.3 is 14.8 Å². The molecular weight excluding hydrogens is 342 g/mol. The summed E-state index contributed by atoms with van der Waals surface area (Å²) in [5.74, 6) is -1.56. The molecule has 1 heterocycles. The van der Waals surface area contributed by atoms with Gasteiger partial charge in [0.1, 0.15) is 6.04 Å². The highest BCUT2D eigenvalue weighted by molar-refractivity contribution is 7.10. The maximum Gasteiger partial charge on any atom is 0.339 e. The second-order valence-corrected chi connectivity index (χ2v) is 7.25. The molecule has 0 saturated carbocycles. The van der Waals surface area contributed by atoms with Gasteiger partial charge in [-0.1, -0.05) is 20.3 Å². The number of hydrogen-bond acceptors (Lipinski definition) is 6. The van der Waals surface area contributed by atoms with Crippen molar-refractivity contribution < 1.29 is 23.9 Å². The number of amides is 1. The predicted molar refractivity (Wildman–Crippen MR) is 94.6 cm³/mol. The molecule has 1 aliphatic carbocycles. The Balaban J connectivity index is 1.91. The van der Waals surface area contributed by atoms with Crippen molar-refractivity contribution in [2.24, 2.45) is 5.92 Å². The molecule has 0 spiro atoms. The van der Waals surface area contributed by atoms with Crippen LogP contribution >= 0.6 is 11.3 Å². The lowest BCUT2D eigenvalue weighted by Gasteiger charge is -2.21. The predicted octanol–water partition coefficient (Wildman–Crippen LogP) is 2.49. The van der Waals surface area contributed by atoms with Crippen molar-refractivity contribution in [2.45, 2.75) is 52.0 Å². The van der Waals surface area contributed by atoms with Gasteiger partial charge in [0.2, 0.25) is 0 Å². The Labute approximate surface area is 151 Å². The van der Waals surface area contributed by atoms with Crippen LogP contribution in [0.3, 0.4) is 0 Å². The summed E-state index contributed by atoms with van der Waals surface area (Å²) in [6, 6.07) is -0.741. The van der Waals surface area contributed by atoms with E-state index in [1.807, 2.05) is 19.2 Å². The zero-order valence-corrected chi connectivity index (χ0v) is 15.7. The van der Waals surface area contributed by atoms with Crippen LogP contribution in [0.15, 0.2) is 5.38 Å². The fourth-order valence-electron chi connectivity index (χ4n) is 2.89. The Morgan fingerprint density at radius 1 is 1.28 bits per heavy atom. The number of rotatable bonds is 7. The molecule has 0 saturated heterocycles. The van der Waals surface area contributed by atoms with Crippen molar-refractivity contribution >= 4 is 29.2 Å². The van der Waals surface area contributed by atoms with E-state index in [0.29, 0.717) is 12.0 Å². The highest BCUT2D eigenvalue weighted by atomic mass is 32.1. The number of fused-ring (bicyclic) bond motifs is 1. The first kappa shape index (κ1) is 19.4. The third-order valence-corrected chi connectivity index (χ3v) is 5.69. The Kier molecular flexibility index (Phi) is 6.99. The normalized spacial score (nSPS) is 15.6. The average Bonchev–Trinajstić information content (AvgIpc) is 3.07. The van der Waals surface area contributed by atoms with Crippen molar-refractivity contribution in [3.05, 3.63) is 21.4 Å². The van der Waals surface area contributed by atoms with E-state index in [4.69, 9.17) is 9.47 Å². The number of aryl methyl sites for hydroxylation is 1. The standard InChI is InChI=1S/C18H25NO5S/c1-4-11(2)16(18(22)23-3)19-15(20)9-24-17(21)13-10-25-14-8-6-5-7-12(13)14/h10-11,16H,4-9H2,1-3H3,(H,19,20)/t11-,16-/m1/s1. The number of hydrogen-bond donors (Lipinski definition) is 1. The number of ether oxygens (including phenoxy) is 2. The number of carbonyl (C=O) groups excluding carboxylic acids is 3. The molecule has 0 radical (unpaired) electrons. The maximum atomic E-state index is 12.3. The summed E-state index contributed by atoms with van der Waals surface area (Å²) in [6.45, 7) is 3.37. The van der Waals surface area contributed by atoms with Crippen LogP contribution < -0.4 is 5.32 Å². The van der Waals surface area contributed by atoms with E-state index in [1.54, 1.807) is 11.3 Å². The van der Waals surface area contributed by atoms with Gasteiger partial charge in [0.15, 0.2) is 6.61 Å². The van der Waals surface area contributed by atoms with Gasteiger partial charge in [-0.25, -0.2) is 9.59 Å². The number of carbonyl (C=O) groups is 3. The lowest BCUT2D eigenvalue weighted by molar-refractivity contribution is -0.147. The first-order chi connectivity index (χ1) is 12.0. The number of nitrogens with one attached hydrogen (secondary N) is 1. The van der Waals surface area contributed by atoms with Crippen LogP contribution in [0.5, 0.6) is 0 Å². The molecule has 0 aromatic carbocycles. The fourth-order valence-corrected chi connectivity index (χ4v) is 4.00. The maximum absolute atomic E-state index is 12.3. The zero-order chi connectivity index (χ0) is 18.4. The summed E-state index contributed by atoms with van der Waals surface area (Å²) in [4.78, 5) is 37.4. The number of esters is 2. The zero-order valence-electron chi connectivity index (χ0n) is 14.9. The Bertz CT molecular complexity index is 639. The summed E-state index contributed by atoms with van der Waals surface area (Å²) >= 11 is 1.58. The van der Waals surface area contributed by atoms with Crippen molar-refractivity contribution in [2.75, 3.05) is 13.7 Å². The summed E-state index contributed by atoms with van der Waals surface area (Å²) in [5.41, 5.74) is 1.63. The lowest BCUT2D eigenvalue weighted by Crippen LogP contribution is -2.47. The van der Waals surface area contributed by atoms with Gasteiger partial charge in [-0.3, -0.25) is 4.79 Å². The van der Waals surface area contributed by atoms with E-state index in [2.05, 4.69) is 5.32 Å². The summed E-state index contributed by atoms with van der Waals surface area (Å²) in [7, 11) is 1.28. The Hall–Kier alpha value is -1.89. The molecule has 7 heteroatoms. The van der Waals surface area contributed by atoms with E-state index in [9.17, 15) is 14.4 Å². The van der Waals surface area contributed by atoms with Crippen LogP contribution in [0.1, 0.15) is 53.9 Å². The van der Waals surface area contributed by atoms with Gasteiger partial charge in [-0.05, 0) is 37.2 Å². The molecule has 6 nitrogen and oxygen atoms in total. The molecule has 2 atom stereocenters. The quantitative estimate of drug-likeness (QED) is 0.749. The highest BCUT2D eigenvalue weighted by Gasteiger charge is 2.27. The SMILES string of the molecule is CC[C@@H](C)[C@@H](NC(=O)COC(=O)c1csc2c1CCCC2)C(=O)OC. The molecule has 138 valence electrons. The van der Waals surface area contributed by atoms with E-state index in [-0.39, 0.29) is 5.92 Å². The molecule has 1 amide bonds. The molecule has 0 aliphatic heterocycles. The highest BCUT2D eigenvalue weighted by Crippen LogP contribution is 2.30. The Morgan fingerprint density at radius 2 is 2.00 bits per heavy atom. The van der Waals surface area contributed by atoms with Crippen LogP contribution in [0.2, 0.25) is 0 Å². The molecule has 1 aromatic heterocycles. The minimum Gasteiger partial charge on any atom is -0.467 e. The topological polar surface area (TPSA) is 81.7 Å². The van der Waals surface area contributed by atoms with Crippen molar-refractivity contribution in [3.63, 3.8) is 0 Å². The minimum atomic E-state index is -0.741. The first-order valence-corrected chi connectivity index (χ1v) is 9.49. The molecular formula is C18H25NO5S. The molecule has 2 rings (SSSR count). The molecule has 1 aromatic rings. The molecule has 25 heavy (non-hydrogen) atoms. The summed E-state index contributed by atoms with van der Waals surface area (Å²) < 4.78 is 9.87. The smallest absolute Gasteiger partial charge is 0.339 e. The monoisotopic (exact) mass is 367 g/mol. The molecule has 1 N–H and O–H groups in total. The second kappa shape index (κ2) is 8.99. The van der Waals surface area contributed by atoms with Gasteiger partial charge >= 0.3 is 11.9 Å². The Morgan fingerprint density at radius 3 is 2.68 bits per heavy atom. The van der Waals surface area contributed by atoms with Crippen molar-refractivity contribution in [3.8, 4) is 0 Å². The van der Waals surface area contributed by atoms with Crippen molar-refractivity contribution in [1.29, 1.82) is 0 Å². The van der Waals surface area contributed by atoms with Crippen LogP contribution in [-0.2, 0) is 31.9 Å². The average molecular weight is 367 g/mol. The largest absolute Gasteiger partial charge is 0.467 e. The van der Waals surface area contributed by atoms with E-state index >= 15 is 0 Å². The van der Waals surface area contributed by atoms with Crippen LogP contribution in [0, 0.1) is 5.92 Å². The first-order valence-electron chi connectivity index (χ1n) is 8.61. The van der Waals surface area contributed by atoms with Crippen molar-refractivity contribution in [1.82, 2.24) is 5.32 Å². The van der Waals surface area contributed by atoms with Crippen LogP contribution in [-0.4, -0.2) is 37.6 Å². The molecule has 0 fully saturated rings. The van der Waals surface area contributed by atoms with E-state index in [0.717, 1.165) is 31.2 Å². The van der Waals surface area contributed by atoms with Gasteiger partial charge in [-0.2, -0.15) is 0 Å². The fraction of sp³-hybridized carbons (Fsp3) is 0.611. The second-order valence-electron chi connectivity index (χ2n) is 6.29. The molecule has 0 unspecified atom stereocenters. The van der Waals surface area contributed by atoms with Gasteiger partial charge in [0.25, 0.3) is 5.91 Å². The van der Waals surface area contributed by atoms with Crippen LogP contribution in [0.25, 0.3) is 0 Å². The van der Waals surface area contributed by atoms with E-state index < -0.39 is 30.5 Å². The number of thiophene rings is 1. The van der Waals surface area contributed by atoms with Gasteiger partial charge in [0.05, 0.1) is 12.7 Å². The van der Waals surface area contributed by atoms with E-state index in [1.165, 1.54) is 12.0 Å². The third-order valence-electron chi connectivity index (χ3n) is 4.60.